The molecular formula is C11H19N3O2. The minimum absolute atomic E-state index is 0.378. The van der Waals surface area contributed by atoms with Gasteiger partial charge in [-0.25, -0.2) is 4.98 Å². The van der Waals surface area contributed by atoms with Crippen LogP contribution in [-0.2, 0) is 11.3 Å². The van der Waals surface area contributed by atoms with Gasteiger partial charge in [-0.15, -0.1) is 0 Å². The van der Waals surface area contributed by atoms with E-state index in [4.69, 9.17) is 0 Å². The average Bonchev–Trinajstić information content (AvgIpc) is 2.45. The number of aryl methyl sites for hydroxylation is 2. The lowest BCUT2D eigenvalue weighted by Crippen LogP contribution is -2.52. The van der Waals surface area contributed by atoms with E-state index in [-0.39, 0.29) is 0 Å². The molecule has 5 nitrogen and oxygen atoms in total. The smallest absolute Gasteiger partial charge is 0.325 e. The van der Waals surface area contributed by atoms with E-state index >= 15 is 0 Å². The largest absolute Gasteiger partial charge is 0.480 e. The van der Waals surface area contributed by atoms with Gasteiger partial charge in [0.2, 0.25) is 0 Å². The van der Waals surface area contributed by atoms with Gasteiger partial charge in [0.1, 0.15) is 11.4 Å². The number of carboxylic acid groups (broad SMARTS) is 1. The lowest BCUT2D eigenvalue weighted by atomic mass is 10.0. The molecule has 1 atom stereocenters. The summed E-state index contributed by atoms with van der Waals surface area (Å²) in [7, 11) is 0. The number of rotatable bonds is 5. The van der Waals surface area contributed by atoms with Crippen LogP contribution in [0.25, 0.3) is 0 Å². The first-order valence-corrected chi connectivity index (χ1v) is 5.38. The van der Waals surface area contributed by atoms with Gasteiger partial charge in [0.25, 0.3) is 0 Å². The molecule has 1 aromatic rings. The minimum atomic E-state index is -0.952. The molecule has 0 bridgehead atoms. The number of hydrogen-bond acceptors (Lipinski definition) is 3. The van der Waals surface area contributed by atoms with Gasteiger partial charge in [-0.3, -0.25) is 4.79 Å². The third-order valence-corrected chi connectivity index (χ3v) is 2.62. The molecule has 0 saturated carbocycles. The highest BCUT2D eigenvalue weighted by molar-refractivity contribution is 5.78. The van der Waals surface area contributed by atoms with Crippen molar-refractivity contribution in [3.05, 3.63) is 17.7 Å². The second-order valence-electron chi connectivity index (χ2n) is 4.22. The number of aromatic nitrogens is 2. The zero-order chi connectivity index (χ0) is 12.3. The minimum Gasteiger partial charge on any atom is -0.480 e. The lowest BCUT2D eigenvalue weighted by Gasteiger charge is -2.26. The lowest BCUT2D eigenvalue weighted by molar-refractivity contribution is -0.144. The summed E-state index contributed by atoms with van der Waals surface area (Å²) < 4.78 is 1.87. The van der Waals surface area contributed by atoms with Crippen LogP contribution in [0.1, 0.15) is 25.4 Å². The third-order valence-electron chi connectivity index (χ3n) is 2.62. The van der Waals surface area contributed by atoms with Crippen LogP contribution in [-0.4, -0.2) is 32.7 Å². The van der Waals surface area contributed by atoms with Crippen molar-refractivity contribution in [2.24, 2.45) is 0 Å². The maximum absolute atomic E-state index is 11.2. The Morgan fingerprint density at radius 3 is 2.62 bits per heavy atom. The van der Waals surface area contributed by atoms with Crippen LogP contribution in [0.4, 0.5) is 0 Å². The molecule has 0 radical (unpaired) electrons. The molecule has 16 heavy (non-hydrogen) atoms. The molecule has 0 aromatic carbocycles. The van der Waals surface area contributed by atoms with E-state index in [2.05, 4.69) is 10.3 Å². The van der Waals surface area contributed by atoms with Crippen molar-refractivity contribution >= 4 is 5.97 Å². The topological polar surface area (TPSA) is 67.2 Å². The Hall–Kier alpha value is -1.36. The van der Waals surface area contributed by atoms with E-state index in [1.165, 1.54) is 0 Å². The van der Waals surface area contributed by atoms with E-state index in [1.54, 1.807) is 6.92 Å². The van der Waals surface area contributed by atoms with E-state index in [0.717, 1.165) is 11.5 Å². The number of imidazole rings is 1. The van der Waals surface area contributed by atoms with Crippen LogP contribution < -0.4 is 5.32 Å². The van der Waals surface area contributed by atoms with E-state index < -0.39 is 11.5 Å². The molecule has 0 spiro atoms. The normalized spacial score (nSPS) is 14.8. The molecule has 0 amide bonds. The second-order valence-corrected chi connectivity index (χ2v) is 4.22. The maximum atomic E-state index is 11.2. The Labute approximate surface area is 95.5 Å². The molecule has 2 N–H and O–H groups in total. The highest BCUT2D eigenvalue weighted by Gasteiger charge is 2.32. The van der Waals surface area contributed by atoms with Crippen LogP contribution in [0.5, 0.6) is 0 Å². The summed E-state index contributed by atoms with van der Waals surface area (Å²) >= 11 is 0. The Bertz CT molecular complexity index is 387. The fraction of sp³-hybridized carbons (Fsp3) is 0.636. The van der Waals surface area contributed by atoms with Crippen LogP contribution in [0, 0.1) is 13.8 Å². The number of nitrogens with zero attached hydrogens (tertiary/aromatic N) is 2. The van der Waals surface area contributed by atoms with Crippen molar-refractivity contribution in [2.45, 2.75) is 39.8 Å². The molecule has 90 valence electrons. The quantitative estimate of drug-likeness (QED) is 0.783. The molecule has 0 aliphatic carbocycles. The molecule has 1 heterocycles. The Morgan fingerprint density at radius 2 is 2.25 bits per heavy atom. The first-order chi connectivity index (χ1) is 7.39. The van der Waals surface area contributed by atoms with Gasteiger partial charge >= 0.3 is 5.97 Å². The van der Waals surface area contributed by atoms with Crippen molar-refractivity contribution < 1.29 is 9.90 Å². The van der Waals surface area contributed by atoms with Crippen molar-refractivity contribution in [3.63, 3.8) is 0 Å². The van der Waals surface area contributed by atoms with Crippen molar-refractivity contribution in [1.82, 2.24) is 14.9 Å². The van der Waals surface area contributed by atoms with Crippen molar-refractivity contribution in [2.75, 3.05) is 6.54 Å². The molecule has 0 aliphatic heterocycles. The van der Waals surface area contributed by atoms with Crippen LogP contribution in [0.3, 0.4) is 0 Å². The maximum Gasteiger partial charge on any atom is 0.325 e. The Morgan fingerprint density at radius 1 is 1.62 bits per heavy atom. The first kappa shape index (κ1) is 12.7. The van der Waals surface area contributed by atoms with E-state index in [0.29, 0.717) is 13.1 Å². The monoisotopic (exact) mass is 225 g/mol. The first-order valence-electron chi connectivity index (χ1n) is 5.38. The zero-order valence-electron chi connectivity index (χ0n) is 10.2. The van der Waals surface area contributed by atoms with E-state index in [9.17, 15) is 9.90 Å². The number of carbonyl (C=O) groups is 1. The fourth-order valence-corrected chi connectivity index (χ4v) is 1.76. The number of nitrogens with one attached hydrogen (secondary N) is 1. The highest BCUT2D eigenvalue weighted by Crippen LogP contribution is 2.11. The van der Waals surface area contributed by atoms with Gasteiger partial charge in [-0.2, -0.15) is 0 Å². The Kier molecular flexibility index (Phi) is 3.70. The van der Waals surface area contributed by atoms with Crippen molar-refractivity contribution in [3.8, 4) is 0 Å². The highest BCUT2D eigenvalue weighted by atomic mass is 16.4. The average molecular weight is 225 g/mol. The van der Waals surface area contributed by atoms with Crippen molar-refractivity contribution in [1.29, 1.82) is 0 Å². The van der Waals surface area contributed by atoms with Gasteiger partial charge in [0.05, 0.1) is 12.2 Å². The van der Waals surface area contributed by atoms with Gasteiger partial charge < -0.3 is 15.0 Å². The van der Waals surface area contributed by atoms with Gasteiger partial charge in [0.15, 0.2) is 0 Å². The van der Waals surface area contributed by atoms with Crippen LogP contribution >= 0.6 is 0 Å². The number of carboxylic acids is 1. The second kappa shape index (κ2) is 4.65. The fourth-order valence-electron chi connectivity index (χ4n) is 1.76. The number of likely N-dealkylation sites (N-methyl/N-ethyl adjacent to an activating group) is 1. The van der Waals surface area contributed by atoms with E-state index in [1.807, 2.05) is 31.5 Å². The van der Waals surface area contributed by atoms with Gasteiger partial charge in [0, 0.05) is 6.20 Å². The Balaban J connectivity index is 2.92. The standard InChI is InChI=1S/C11H19N3O2/c1-5-12-11(4,10(15)16)7-14-6-8(2)13-9(14)3/h6,12H,5,7H2,1-4H3,(H,15,16). The summed E-state index contributed by atoms with van der Waals surface area (Å²) in [5.74, 6) is -0.0111. The van der Waals surface area contributed by atoms with Crippen LogP contribution in [0.15, 0.2) is 6.20 Å². The predicted molar refractivity (Wildman–Crippen MR) is 61.4 cm³/mol. The summed E-state index contributed by atoms with van der Waals surface area (Å²) in [5.41, 5.74) is -0.0473. The molecule has 0 aliphatic rings. The summed E-state index contributed by atoms with van der Waals surface area (Å²) in [6, 6.07) is 0. The predicted octanol–water partition coefficient (Wildman–Crippen LogP) is 0.953. The zero-order valence-corrected chi connectivity index (χ0v) is 10.2. The summed E-state index contributed by atoms with van der Waals surface area (Å²) in [4.78, 5) is 15.5. The summed E-state index contributed by atoms with van der Waals surface area (Å²) in [6.45, 7) is 8.36. The molecule has 1 aromatic heterocycles. The van der Waals surface area contributed by atoms with Gasteiger partial charge in [-0.1, -0.05) is 6.92 Å². The molecule has 0 fully saturated rings. The number of hydrogen-bond donors (Lipinski definition) is 2. The summed E-state index contributed by atoms with van der Waals surface area (Å²) in [5, 5.41) is 12.2. The SMILES string of the molecule is CCNC(C)(Cn1cc(C)nc1C)C(=O)O. The third kappa shape index (κ3) is 2.61. The molecule has 5 heteroatoms. The molecule has 1 unspecified atom stereocenters. The van der Waals surface area contributed by atoms with Gasteiger partial charge in [-0.05, 0) is 27.3 Å². The van der Waals surface area contributed by atoms with Crippen LogP contribution in [0.2, 0.25) is 0 Å². The molecule has 1 rings (SSSR count). The molecular weight excluding hydrogens is 206 g/mol. The summed E-state index contributed by atoms with van der Waals surface area (Å²) in [6.07, 6.45) is 1.87. The molecule has 0 saturated heterocycles. The number of aliphatic carboxylic acids is 1.